The van der Waals surface area contributed by atoms with Gasteiger partial charge in [0, 0.05) is 17.8 Å². The van der Waals surface area contributed by atoms with E-state index in [0.717, 1.165) is 11.1 Å². The number of rotatable bonds is 6. The van der Waals surface area contributed by atoms with Crippen LogP contribution in [0.25, 0.3) is 16.8 Å². The second-order valence-corrected chi connectivity index (χ2v) is 6.26. The van der Waals surface area contributed by atoms with Crippen LogP contribution < -0.4 is 10.6 Å². The van der Waals surface area contributed by atoms with Crippen LogP contribution in [-0.2, 0) is 4.79 Å². The molecule has 0 aliphatic carbocycles. The number of hydrogen-bond donors (Lipinski definition) is 2. The summed E-state index contributed by atoms with van der Waals surface area (Å²) in [4.78, 5) is 12.2. The van der Waals surface area contributed by atoms with Gasteiger partial charge in [-0.25, -0.2) is 9.07 Å². The molecule has 26 heavy (non-hydrogen) atoms. The molecule has 0 saturated heterocycles. The van der Waals surface area contributed by atoms with E-state index in [-0.39, 0.29) is 24.3 Å². The van der Waals surface area contributed by atoms with Gasteiger partial charge in [-0.1, -0.05) is 44.2 Å². The molecule has 1 heterocycles. The molecule has 134 valence electrons. The zero-order valence-electron chi connectivity index (χ0n) is 14.7. The van der Waals surface area contributed by atoms with Crippen LogP contribution in [0.5, 0.6) is 0 Å². The Bertz CT molecular complexity index is 873. The van der Waals surface area contributed by atoms with Crippen molar-refractivity contribution < 1.29 is 9.18 Å². The van der Waals surface area contributed by atoms with Crippen molar-refractivity contribution in [3.8, 4) is 16.8 Å². The molecule has 0 radical (unpaired) electrons. The molecule has 6 heteroatoms. The number of aromatic nitrogens is 2. The lowest BCUT2D eigenvalue weighted by molar-refractivity contribution is -0.115. The van der Waals surface area contributed by atoms with Crippen molar-refractivity contribution in [2.45, 2.75) is 19.9 Å². The smallest absolute Gasteiger partial charge is 0.239 e. The number of nitrogens with one attached hydrogen (secondary N) is 2. The Kier molecular flexibility index (Phi) is 5.43. The van der Waals surface area contributed by atoms with Gasteiger partial charge in [-0.05, 0) is 29.8 Å². The van der Waals surface area contributed by atoms with Crippen LogP contribution in [0.1, 0.15) is 13.8 Å². The molecule has 5 nitrogen and oxygen atoms in total. The summed E-state index contributed by atoms with van der Waals surface area (Å²) in [5.41, 5.74) is 2.45. The second-order valence-electron chi connectivity index (χ2n) is 6.26. The minimum atomic E-state index is -0.308. The summed E-state index contributed by atoms with van der Waals surface area (Å²) in [6, 6.07) is 15.9. The monoisotopic (exact) mass is 352 g/mol. The van der Waals surface area contributed by atoms with Crippen molar-refractivity contribution in [1.82, 2.24) is 15.1 Å². The SMILES string of the molecule is CC(C)NCC(=O)Nc1nn(-c2ccc(F)cc2)cc1-c1ccccc1. The normalized spacial score (nSPS) is 10.9. The molecule has 3 aromatic rings. The Hall–Kier alpha value is -2.99. The molecule has 1 amide bonds. The van der Waals surface area contributed by atoms with E-state index in [9.17, 15) is 9.18 Å². The van der Waals surface area contributed by atoms with Gasteiger partial charge < -0.3 is 10.6 Å². The quantitative estimate of drug-likeness (QED) is 0.712. The van der Waals surface area contributed by atoms with Gasteiger partial charge in [0.25, 0.3) is 0 Å². The average molecular weight is 352 g/mol. The molecule has 2 N–H and O–H groups in total. The fraction of sp³-hybridized carbons (Fsp3) is 0.200. The van der Waals surface area contributed by atoms with Gasteiger partial charge in [-0.15, -0.1) is 5.10 Å². The van der Waals surface area contributed by atoms with Gasteiger partial charge in [-0.2, -0.15) is 0 Å². The van der Waals surface area contributed by atoms with E-state index < -0.39 is 0 Å². The summed E-state index contributed by atoms with van der Waals surface area (Å²) >= 11 is 0. The zero-order valence-corrected chi connectivity index (χ0v) is 14.7. The van der Waals surface area contributed by atoms with Crippen molar-refractivity contribution in [1.29, 1.82) is 0 Å². The maximum atomic E-state index is 13.2. The van der Waals surface area contributed by atoms with Crippen molar-refractivity contribution in [2.24, 2.45) is 0 Å². The fourth-order valence-electron chi connectivity index (χ4n) is 2.49. The Morgan fingerprint density at radius 2 is 1.81 bits per heavy atom. The maximum absolute atomic E-state index is 13.2. The first kappa shape index (κ1) is 17.8. The lowest BCUT2D eigenvalue weighted by Gasteiger charge is -2.08. The zero-order chi connectivity index (χ0) is 18.5. The molecule has 0 aliphatic heterocycles. The van der Waals surface area contributed by atoms with Crippen LogP contribution in [-0.4, -0.2) is 28.3 Å². The summed E-state index contributed by atoms with van der Waals surface area (Å²) in [6.45, 7) is 4.16. The van der Waals surface area contributed by atoms with Gasteiger partial charge in [0.15, 0.2) is 5.82 Å². The second kappa shape index (κ2) is 7.93. The van der Waals surface area contributed by atoms with Crippen LogP contribution in [0.15, 0.2) is 60.8 Å². The van der Waals surface area contributed by atoms with Crippen LogP contribution in [0, 0.1) is 5.82 Å². The lowest BCUT2D eigenvalue weighted by Crippen LogP contribution is -2.32. The Labute approximate surface area is 151 Å². The van der Waals surface area contributed by atoms with E-state index in [1.807, 2.05) is 50.4 Å². The highest BCUT2D eigenvalue weighted by molar-refractivity contribution is 5.95. The number of halogens is 1. The first-order chi connectivity index (χ1) is 12.5. The summed E-state index contributed by atoms with van der Waals surface area (Å²) in [5, 5.41) is 10.4. The molecule has 0 spiro atoms. The van der Waals surface area contributed by atoms with Gasteiger partial charge in [-0.3, -0.25) is 4.79 Å². The van der Waals surface area contributed by atoms with E-state index in [2.05, 4.69) is 15.7 Å². The van der Waals surface area contributed by atoms with E-state index in [1.54, 1.807) is 16.8 Å². The van der Waals surface area contributed by atoms with E-state index >= 15 is 0 Å². The fourth-order valence-corrected chi connectivity index (χ4v) is 2.49. The van der Waals surface area contributed by atoms with Crippen LogP contribution in [0.3, 0.4) is 0 Å². The number of carbonyl (C=O) groups is 1. The van der Waals surface area contributed by atoms with Gasteiger partial charge >= 0.3 is 0 Å². The van der Waals surface area contributed by atoms with Crippen molar-refractivity contribution in [3.63, 3.8) is 0 Å². The molecule has 1 aromatic heterocycles. The van der Waals surface area contributed by atoms with Crippen LogP contribution in [0.4, 0.5) is 10.2 Å². The topological polar surface area (TPSA) is 59.0 Å². The lowest BCUT2D eigenvalue weighted by atomic mass is 10.1. The molecule has 0 atom stereocenters. The molecule has 3 rings (SSSR count). The molecule has 0 bridgehead atoms. The third kappa shape index (κ3) is 4.34. The number of carbonyl (C=O) groups excluding carboxylic acids is 1. The Morgan fingerprint density at radius 3 is 2.46 bits per heavy atom. The standard InChI is InChI=1S/C20H21FN4O/c1-14(2)22-12-19(26)23-20-18(15-6-4-3-5-7-15)13-25(24-20)17-10-8-16(21)9-11-17/h3-11,13-14,22H,12H2,1-2H3,(H,23,24,26). The van der Waals surface area contributed by atoms with Crippen molar-refractivity contribution >= 4 is 11.7 Å². The van der Waals surface area contributed by atoms with Gasteiger partial charge in [0.1, 0.15) is 5.82 Å². The highest BCUT2D eigenvalue weighted by atomic mass is 19.1. The molecular formula is C20H21FN4O. The Morgan fingerprint density at radius 1 is 1.12 bits per heavy atom. The maximum Gasteiger partial charge on any atom is 0.239 e. The minimum Gasteiger partial charge on any atom is -0.308 e. The first-order valence-electron chi connectivity index (χ1n) is 8.47. The molecule has 0 fully saturated rings. The molecule has 0 aliphatic rings. The third-order valence-corrected chi connectivity index (χ3v) is 3.82. The number of benzene rings is 2. The highest BCUT2D eigenvalue weighted by Gasteiger charge is 2.15. The summed E-state index contributed by atoms with van der Waals surface area (Å²) in [7, 11) is 0. The number of hydrogen-bond acceptors (Lipinski definition) is 3. The summed E-state index contributed by atoms with van der Waals surface area (Å²) in [5.74, 6) is -0.00575. The van der Waals surface area contributed by atoms with Crippen LogP contribution >= 0.6 is 0 Å². The summed E-state index contributed by atoms with van der Waals surface area (Å²) < 4.78 is 14.8. The molecular weight excluding hydrogens is 331 g/mol. The number of amides is 1. The third-order valence-electron chi connectivity index (χ3n) is 3.82. The molecule has 0 saturated carbocycles. The van der Waals surface area contributed by atoms with Crippen molar-refractivity contribution in [2.75, 3.05) is 11.9 Å². The van der Waals surface area contributed by atoms with Crippen molar-refractivity contribution in [3.05, 3.63) is 66.6 Å². The van der Waals surface area contributed by atoms with Gasteiger partial charge in [0.2, 0.25) is 5.91 Å². The average Bonchev–Trinajstić information content (AvgIpc) is 3.05. The van der Waals surface area contributed by atoms with E-state index in [1.165, 1.54) is 12.1 Å². The van der Waals surface area contributed by atoms with E-state index in [0.29, 0.717) is 11.5 Å². The molecule has 0 unspecified atom stereocenters. The number of nitrogens with zero attached hydrogens (tertiary/aromatic N) is 2. The van der Waals surface area contributed by atoms with Gasteiger partial charge in [0.05, 0.1) is 12.2 Å². The highest BCUT2D eigenvalue weighted by Crippen LogP contribution is 2.28. The molecule has 2 aromatic carbocycles. The Balaban J connectivity index is 1.93. The predicted octanol–water partition coefficient (Wildman–Crippen LogP) is 3.61. The largest absolute Gasteiger partial charge is 0.308 e. The van der Waals surface area contributed by atoms with Crippen LogP contribution in [0.2, 0.25) is 0 Å². The summed E-state index contributed by atoms with van der Waals surface area (Å²) in [6.07, 6.45) is 1.83. The number of anilines is 1. The predicted molar refractivity (Wildman–Crippen MR) is 101 cm³/mol. The minimum absolute atomic E-state index is 0.166. The first-order valence-corrected chi connectivity index (χ1v) is 8.47. The van der Waals surface area contributed by atoms with E-state index in [4.69, 9.17) is 0 Å².